The standard InChI is InChI=1S/C11H18N2O4S/c1-3-7(2)11(17)13-6-18-5-8(13)10(16)12-4-9(14)15/h7-8H,3-6H2,1-2H3,(H,12,16)(H,14,15). The van der Waals surface area contributed by atoms with Gasteiger partial charge in [-0.25, -0.2) is 0 Å². The molecule has 1 saturated heterocycles. The lowest BCUT2D eigenvalue weighted by Gasteiger charge is -2.25. The third kappa shape index (κ3) is 3.63. The van der Waals surface area contributed by atoms with Crippen molar-refractivity contribution in [1.82, 2.24) is 10.2 Å². The van der Waals surface area contributed by atoms with Crippen molar-refractivity contribution < 1.29 is 19.5 Å². The first kappa shape index (κ1) is 14.8. The van der Waals surface area contributed by atoms with Crippen LogP contribution in [0, 0.1) is 5.92 Å². The summed E-state index contributed by atoms with van der Waals surface area (Å²) in [5.41, 5.74) is 0. The second-order valence-electron chi connectivity index (χ2n) is 4.24. The summed E-state index contributed by atoms with van der Waals surface area (Å²) >= 11 is 1.51. The van der Waals surface area contributed by atoms with Crippen LogP contribution in [-0.4, -0.2) is 52.0 Å². The van der Waals surface area contributed by atoms with Gasteiger partial charge < -0.3 is 15.3 Å². The van der Waals surface area contributed by atoms with Crippen LogP contribution < -0.4 is 5.32 Å². The molecule has 2 atom stereocenters. The maximum atomic E-state index is 12.0. The van der Waals surface area contributed by atoms with Gasteiger partial charge in [0.05, 0.1) is 5.88 Å². The van der Waals surface area contributed by atoms with Crippen molar-refractivity contribution in [3.63, 3.8) is 0 Å². The van der Waals surface area contributed by atoms with Crippen molar-refractivity contribution in [3.8, 4) is 0 Å². The zero-order valence-electron chi connectivity index (χ0n) is 10.5. The van der Waals surface area contributed by atoms with Gasteiger partial charge in [0.1, 0.15) is 12.6 Å². The second kappa shape index (κ2) is 6.63. The third-order valence-electron chi connectivity index (χ3n) is 2.92. The molecular formula is C11H18N2O4S. The van der Waals surface area contributed by atoms with Crippen molar-refractivity contribution in [1.29, 1.82) is 0 Å². The third-order valence-corrected chi connectivity index (χ3v) is 3.93. The van der Waals surface area contributed by atoms with Gasteiger partial charge in [-0.1, -0.05) is 13.8 Å². The number of hydrogen-bond donors (Lipinski definition) is 2. The molecule has 18 heavy (non-hydrogen) atoms. The van der Waals surface area contributed by atoms with Crippen molar-refractivity contribution in [2.45, 2.75) is 26.3 Å². The van der Waals surface area contributed by atoms with Crippen LogP contribution in [0.15, 0.2) is 0 Å². The fourth-order valence-electron chi connectivity index (χ4n) is 1.62. The largest absolute Gasteiger partial charge is 0.480 e. The van der Waals surface area contributed by atoms with E-state index in [4.69, 9.17) is 5.11 Å². The lowest BCUT2D eigenvalue weighted by Crippen LogP contribution is -2.49. The second-order valence-corrected chi connectivity index (χ2v) is 5.24. The number of carbonyl (C=O) groups is 3. The molecule has 1 aliphatic rings. The molecule has 1 fully saturated rings. The topological polar surface area (TPSA) is 86.7 Å². The highest BCUT2D eigenvalue weighted by molar-refractivity contribution is 7.99. The summed E-state index contributed by atoms with van der Waals surface area (Å²) in [6.45, 7) is 3.34. The van der Waals surface area contributed by atoms with Gasteiger partial charge in [0.15, 0.2) is 0 Å². The number of carbonyl (C=O) groups excluding carboxylic acids is 2. The van der Waals surface area contributed by atoms with Crippen molar-refractivity contribution in [2.24, 2.45) is 5.92 Å². The van der Waals surface area contributed by atoms with Crippen LogP contribution in [0.1, 0.15) is 20.3 Å². The van der Waals surface area contributed by atoms with Crippen molar-refractivity contribution in [2.75, 3.05) is 18.2 Å². The highest BCUT2D eigenvalue weighted by atomic mass is 32.2. The summed E-state index contributed by atoms with van der Waals surface area (Å²) in [5, 5.41) is 10.8. The van der Waals surface area contributed by atoms with Gasteiger partial charge in [-0.3, -0.25) is 14.4 Å². The van der Waals surface area contributed by atoms with Gasteiger partial charge >= 0.3 is 5.97 Å². The molecule has 6 nitrogen and oxygen atoms in total. The fourth-order valence-corrected chi connectivity index (χ4v) is 2.78. The van der Waals surface area contributed by atoms with Gasteiger partial charge in [-0.05, 0) is 6.42 Å². The maximum absolute atomic E-state index is 12.0. The van der Waals surface area contributed by atoms with E-state index < -0.39 is 18.6 Å². The number of aliphatic carboxylic acids is 1. The number of thioether (sulfide) groups is 1. The molecule has 2 amide bonds. The Balaban J connectivity index is 2.61. The van der Waals surface area contributed by atoms with E-state index in [1.807, 2.05) is 13.8 Å². The molecule has 0 aromatic carbocycles. The number of carboxylic acid groups (broad SMARTS) is 1. The Kier molecular flexibility index (Phi) is 5.46. The van der Waals surface area contributed by atoms with E-state index in [1.165, 1.54) is 16.7 Å². The van der Waals surface area contributed by atoms with E-state index in [-0.39, 0.29) is 17.7 Å². The molecule has 2 N–H and O–H groups in total. The smallest absolute Gasteiger partial charge is 0.322 e. The normalized spacial score (nSPS) is 20.6. The van der Waals surface area contributed by atoms with E-state index >= 15 is 0 Å². The Hall–Kier alpha value is -1.24. The molecule has 0 bridgehead atoms. The molecule has 2 unspecified atom stereocenters. The van der Waals surface area contributed by atoms with Gasteiger partial charge in [-0.2, -0.15) is 0 Å². The molecule has 0 radical (unpaired) electrons. The Labute approximate surface area is 110 Å². The van der Waals surface area contributed by atoms with Gasteiger partial charge in [0.2, 0.25) is 11.8 Å². The van der Waals surface area contributed by atoms with E-state index in [1.54, 1.807) is 0 Å². The molecule has 7 heteroatoms. The minimum Gasteiger partial charge on any atom is -0.480 e. The molecule has 0 aromatic rings. The molecule has 1 rings (SSSR count). The first-order valence-corrected chi connectivity index (χ1v) is 7.00. The van der Waals surface area contributed by atoms with Crippen LogP contribution in [0.2, 0.25) is 0 Å². The van der Waals surface area contributed by atoms with Crippen LogP contribution in [0.25, 0.3) is 0 Å². The molecule has 0 spiro atoms. The van der Waals surface area contributed by atoms with Gasteiger partial charge in [0.25, 0.3) is 0 Å². The maximum Gasteiger partial charge on any atom is 0.322 e. The zero-order valence-corrected chi connectivity index (χ0v) is 11.3. The van der Waals surface area contributed by atoms with Crippen LogP contribution in [0.3, 0.4) is 0 Å². The summed E-state index contributed by atoms with van der Waals surface area (Å²) in [7, 11) is 0. The Morgan fingerprint density at radius 3 is 2.72 bits per heavy atom. The monoisotopic (exact) mass is 274 g/mol. The Bertz CT molecular complexity index is 348. The number of hydrogen-bond acceptors (Lipinski definition) is 4. The summed E-state index contributed by atoms with van der Waals surface area (Å²) in [6, 6.07) is -0.546. The van der Waals surface area contributed by atoms with Crippen LogP contribution in [0.4, 0.5) is 0 Å². The fraction of sp³-hybridized carbons (Fsp3) is 0.727. The highest BCUT2D eigenvalue weighted by Gasteiger charge is 2.35. The van der Waals surface area contributed by atoms with Crippen molar-refractivity contribution >= 4 is 29.5 Å². The predicted molar refractivity (Wildman–Crippen MR) is 68.1 cm³/mol. The molecular weight excluding hydrogens is 256 g/mol. The van der Waals surface area contributed by atoms with E-state index in [0.717, 1.165) is 6.42 Å². The molecule has 1 heterocycles. The molecule has 0 aliphatic carbocycles. The van der Waals surface area contributed by atoms with E-state index in [0.29, 0.717) is 11.6 Å². The Morgan fingerprint density at radius 1 is 1.50 bits per heavy atom. The number of nitrogens with one attached hydrogen (secondary N) is 1. The predicted octanol–water partition coefficient (Wildman–Crippen LogP) is 0.135. The number of rotatable bonds is 5. The summed E-state index contributed by atoms with van der Waals surface area (Å²) < 4.78 is 0. The number of amides is 2. The summed E-state index contributed by atoms with van der Waals surface area (Å²) in [4.78, 5) is 35.8. The lowest BCUT2D eigenvalue weighted by molar-refractivity contribution is -0.142. The first-order chi connectivity index (χ1) is 8.47. The molecule has 102 valence electrons. The average molecular weight is 274 g/mol. The van der Waals surface area contributed by atoms with Crippen LogP contribution in [0.5, 0.6) is 0 Å². The summed E-state index contributed by atoms with van der Waals surface area (Å²) in [5.74, 6) is -0.619. The lowest BCUT2D eigenvalue weighted by atomic mass is 10.1. The van der Waals surface area contributed by atoms with E-state index in [2.05, 4.69) is 5.32 Å². The van der Waals surface area contributed by atoms with E-state index in [9.17, 15) is 14.4 Å². The minimum absolute atomic E-state index is 0.0435. The SMILES string of the molecule is CCC(C)C(=O)N1CSCC1C(=O)NCC(=O)O. The first-order valence-electron chi connectivity index (χ1n) is 5.85. The quantitative estimate of drug-likeness (QED) is 0.744. The summed E-state index contributed by atoms with van der Waals surface area (Å²) in [6.07, 6.45) is 0.726. The molecule has 1 aliphatic heterocycles. The molecule has 0 saturated carbocycles. The number of nitrogens with zero attached hydrogens (tertiary/aromatic N) is 1. The van der Waals surface area contributed by atoms with Crippen LogP contribution in [-0.2, 0) is 14.4 Å². The van der Waals surface area contributed by atoms with Crippen LogP contribution >= 0.6 is 11.8 Å². The average Bonchev–Trinajstić information content (AvgIpc) is 2.82. The highest BCUT2D eigenvalue weighted by Crippen LogP contribution is 2.23. The van der Waals surface area contributed by atoms with Gasteiger partial charge in [0, 0.05) is 11.7 Å². The Morgan fingerprint density at radius 2 is 2.17 bits per heavy atom. The van der Waals surface area contributed by atoms with Crippen molar-refractivity contribution in [3.05, 3.63) is 0 Å². The zero-order chi connectivity index (χ0) is 13.7. The number of carboxylic acids is 1. The van der Waals surface area contributed by atoms with Gasteiger partial charge in [-0.15, -0.1) is 11.8 Å². The minimum atomic E-state index is -1.09. The molecule has 0 aromatic heterocycles.